The lowest BCUT2D eigenvalue weighted by Gasteiger charge is -2.08. The number of imidazole rings is 1. The molecule has 9 heteroatoms. The lowest BCUT2D eigenvalue weighted by atomic mass is 10.1. The molecule has 1 aromatic carbocycles. The van der Waals surface area contributed by atoms with Crippen LogP contribution >= 0.6 is 0 Å². The largest absolute Gasteiger partial charge is 0.496 e. The molecule has 0 aliphatic carbocycles. The van der Waals surface area contributed by atoms with Crippen molar-refractivity contribution >= 4 is 15.5 Å². The van der Waals surface area contributed by atoms with Crippen molar-refractivity contribution in [2.45, 2.75) is 4.90 Å². The fourth-order valence-corrected chi connectivity index (χ4v) is 2.73. The number of aromatic amines is 1. The van der Waals surface area contributed by atoms with Crippen LogP contribution in [0.4, 0.5) is 0 Å². The zero-order valence-corrected chi connectivity index (χ0v) is 12.6. The Morgan fingerprint density at radius 2 is 2.09 bits per heavy atom. The molecule has 0 fully saturated rings. The van der Waals surface area contributed by atoms with Gasteiger partial charge in [0.2, 0.25) is 0 Å². The molecule has 0 atom stereocenters. The number of ether oxygens (including phenoxy) is 1. The van der Waals surface area contributed by atoms with Crippen LogP contribution in [0.15, 0.2) is 40.3 Å². The number of hydrogen-bond acceptors (Lipinski definition) is 6. The molecule has 2 heterocycles. The summed E-state index contributed by atoms with van der Waals surface area (Å²) in [6.45, 7) is 0. The van der Waals surface area contributed by atoms with Gasteiger partial charge in [-0.3, -0.25) is 0 Å². The van der Waals surface area contributed by atoms with Gasteiger partial charge in [0.1, 0.15) is 5.75 Å². The minimum atomic E-state index is -3.34. The maximum Gasteiger partial charge on any atom is 0.347 e. The Hall–Kier alpha value is -2.68. The number of methoxy groups -OCH3 is 1. The first-order valence-electron chi connectivity index (χ1n) is 6.21. The van der Waals surface area contributed by atoms with E-state index < -0.39 is 15.5 Å². The normalized spacial score (nSPS) is 11.7. The van der Waals surface area contributed by atoms with Gasteiger partial charge in [0.05, 0.1) is 23.9 Å². The number of H-pyrrole nitrogens is 1. The second kappa shape index (κ2) is 4.95. The van der Waals surface area contributed by atoms with Gasteiger partial charge < -0.3 is 4.74 Å². The van der Waals surface area contributed by atoms with E-state index in [2.05, 4.69) is 15.2 Å². The maximum absolute atomic E-state index is 11.7. The third-order valence-electron chi connectivity index (χ3n) is 3.17. The molecule has 0 bridgehead atoms. The zero-order valence-electron chi connectivity index (χ0n) is 11.8. The van der Waals surface area contributed by atoms with Gasteiger partial charge in [0.15, 0.2) is 15.5 Å². The van der Waals surface area contributed by atoms with E-state index in [4.69, 9.17) is 4.74 Å². The van der Waals surface area contributed by atoms with E-state index in [1.165, 1.54) is 36.0 Å². The molecule has 0 aliphatic heterocycles. The van der Waals surface area contributed by atoms with Crippen LogP contribution in [0.2, 0.25) is 0 Å². The van der Waals surface area contributed by atoms with Gasteiger partial charge in [-0.25, -0.2) is 27.7 Å². The third-order valence-corrected chi connectivity index (χ3v) is 4.28. The Bertz CT molecular complexity index is 1020. The number of nitrogens with one attached hydrogen (secondary N) is 1. The van der Waals surface area contributed by atoms with Crippen LogP contribution in [0.3, 0.4) is 0 Å². The topological polar surface area (TPSA) is 106 Å². The molecule has 0 radical (unpaired) electrons. The lowest BCUT2D eigenvalue weighted by molar-refractivity contribution is 0.415. The van der Waals surface area contributed by atoms with Crippen molar-refractivity contribution < 1.29 is 13.2 Å². The quantitative estimate of drug-likeness (QED) is 0.753. The molecule has 2 aromatic heterocycles. The van der Waals surface area contributed by atoms with Crippen molar-refractivity contribution in [1.29, 1.82) is 0 Å². The number of aromatic nitrogens is 4. The highest BCUT2D eigenvalue weighted by Crippen LogP contribution is 2.31. The number of rotatable bonds is 3. The zero-order chi connectivity index (χ0) is 15.9. The van der Waals surface area contributed by atoms with Gasteiger partial charge in [0.25, 0.3) is 0 Å². The highest BCUT2D eigenvalue weighted by molar-refractivity contribution is 7.90. The van der Waals surface area contributed by atoms with Crippen molar-refractivity contribution in [2.75, 3.05) is 13.4 Å². The monoisotopic (exact) mass is 320 g/mol. The van der Waals surface area contributed by atoms with Gasteiger partial charge >= 0.3 is 5.69 Å². The fourth-order valence-electron chi connectivity index (χ4n) is 2.09. The van der Waals surface area contributed by atoms with Crippen LogP contribution in [0.5, 0.6) is 5.75 Å². The van der Waals surface area contributed by atoms with Crippen LogP contribution in [0, 0.1) is 0 Å². The lowest BCUT2D eigenvalue weighted by Crippen LogP contribution is -2.15. The Kier molecular flexibility index (Phi) is 3.21. The number of nitrogens with zero attached hydrogens (tertiary/aromatic N) is 3. The summed E-state index contributed by atoms with van der Waals surface area (Å²) in [5.41, 5.74) is 1.03. The molecule has 0 saturated carbocycles. The highest BCUT2D eigenvalue weighted by atomic mass is 32.2. The Labute approximate surface area is 125 Å². The molecule has 3 rings (SSSR count). The first-order valence-corrected chi connectivity index (χ1v) is 8.10. The van der Waals surface area contributed by atoms with Gasteiger partial charge in [-0.1, -0.05) is 0 Å². The van der Waals surface area contributed by atoms with E-state index in [0.29, 0.717) is 22.7 Å². The predicted molar refractivity (Wildman–Crippen MR) is 78.7 cm³/mol. The second-order valence-corrected chi connectivity index (χ2v) is 6.68. The van der Waals surface area contributed by atoms with Crippen LogP contribution in [0.25, 0.3) is 16.9 Å². The fraction of sp³-hybridized carbons (Fsp3) is 0.154. The predicted octanol–water partition coefficient (Wildman–Crippen LogP) is 0.497. The summed E-state index contributed by atoms with van der Waals surface area (Å²) in [4.78, 5) is 16.1. The molecule has 0 saturated heterocycles. The number of sulfone groups is 1. The molecule has 8 nitrogen and oxygen atoms in total. The van der Waals surface area contributed by atoms with E-state index in [1.807, 2.05) is 0 Å². The van der Waals surface area contributed by atoms with Crippen molar-refractivity contribution in [2.24, 2.45) is 0 Å². The third kappa shape index (κ3) is 2.35. The van der Waals surface area contributed by atoms with E-state index in [-0.39, 0.29) is 4.90 Å². The smallest absolute Gasteiger partial charge is 0.347 e. The summed E-state index contributed by atoms with van der Waals surface area (Å²) in [6.07, 6.45) is 4.08. The molecule has 1 N–H and O–H groups in total. The maximum atomic E-state index is 11.7. The van der Waals surface area contributed by atoms with Gasteiger partial charge in [-0.15, -0.1) is 0 Å². The van der Waals surface area contributed by atoms with E-state index in [9.17, 15) is 13.2 Å². The minimum Gasteiger partial charge on any atom is -0.496 e. The summed E-state index contributed by atoms with van der Waals surface area (Å²) in [6, 6.07) is 4.50. The molecule has 0 unspecified atom stereocenters. The molecular weight excluding hydrogens is 308 g/mol. The highest BCUT2D eigenvalue weighted by Gasteiger charge is 2.15. The minimum absolute atomic E-state index is 0.149. The average molecular weight is 320 g/mol. The molecular formula is C13H12N4O4S. The molecule has 22 heavy (non-hydrogen) atoms. The average Bonchev–Trinajstić information content (AvgIpc) is 2.91. The first kappa shape index (κ1) is 14.3. The van der Waals surface area contributed by atoms with Crippen LogP contribution in [-0.2, 0) is 9.84 Å². The SMILES string of the molecule is COc1cc(S(C)(=O)=O)ccc1-c1cn2c(=O)[nH]ncc2n1. The molecule has 0 spiro atoms. The summed E-state index contributed by atoms with van der Waals surface area (Å²) in [7, 11) is -1.90. The summed E-state index contributed by atoms with van der Waals surface area (Å²) in [5.74, 6) is 0.357. The van der Waals surface area contributed by atoms with Crippen LogP contribution in [-0.4, -0.2) is 41.4 Å². The van der Waals surface area contributed by atoms with Crippen molar-refractivity contribution in [1.82, 2.24) is 19.6 Å². The summed E-state index contributed by atoms with van der Waals surface area (Å²) in [5, 5.41) is 5.98. The molecule has 114 valence electrons. The number of benzene rings is 1. The molecule has 0 aliphatic rings. The Morgan fingerprint density at radius 1 is 1.32 bits per heavy atom. The summed E-state index contributed by atoms with van der Waals surface area (Å²) >= 11 is 0. The Balaban J connectivity index is 2.22. The Morgan fingerprint density at radius 3 is 2.73 bits per heavy atom. The second-order valence-electron chi connectivity index (χ2n) is 4.66. The first-order chi connectivity index (χ1) is 10.4. The van der Waals surface area contributed by atoms with Crippen molar-refractivity contribution in [3.05, 3.63) is 41.1 Å². The van der Waals surface area contributed by atoms with Crippen LogP contribution in [0.1, 0.15) is 0 Å². The van der Waals surface area contributed by atoms with Crippen LogP contribution < -0.4 is 10.4 Å². The van der Waals surface area contributed by atoms with Crippen molar-refractivity contribution in [3.63, 3.8) is 0 Å². The summed E-state index contributed by atoms with van der Waals surface area (Å²) < 4.78 is 29.8. The van der Waals surface area contributed by atoms with Gasteiger partial charge in [-0.2, -0.15) is 5.10 Å². The standard InChI is InChI=1S/C13H12N4O4S/c1-21-11-5-8(22(2,19)20)3-4-9(11)10-7-17-12(15-10)6-14-16-13(17)18/h3-7H,1-2H3,(H,16,18). The molecule has 3 aromatic rings. The van der Waals surface area contributed by atoms with E-state index >= 15 is 0 Å². The molecule has 0 amide bonds. The van der Waals surface area contributed by atoms with Crippen molar-refractivity contribution in [3.8, 4) is 17.0 Å². The van der Waals surface area contributed by atoms with E-state index in [1.54, 1.807) is 6.07 Å². The number of fused-ring (bicyclic) bond motifs is 1. The number of hydrogen-bond donors (Lipinski definition) is 1. The van der Waals surface area contributed by atoms with Gasteiger partial charge in [-0.05, 0) is 18.2 Å². The van der Waals surface area contributed by atoms with Gasteiger partial charge in [0, 0.05) is 18.0 Å². The van der Waals surface area contributed by atoms with E-state index in [0.717, 1.165) is 6.26 Å².